The Morgan fingerprint density at radius 3 is 2.62 bits per heavy atom. The van der Waals surface area contributed by atoms with E-state index in [1.165, 1.54) is 16.6 Å². The van der Waals surface area contributed by atoms with Crippen molar-refractivity contribution in [3.8, 4) is 11.6 Å². The fourth-order valence-electron chi connectivity index (χ4n) is 3.73. The third kappa shape index (κ3) is 5.55. The van der Waals surface area contributed by atoms with Crippen molar-refractivity contribution in [2.75, 3.05) is 10.6 Å². The Morgan fingerprint density at radius 1 is 1.08 bits per heavy atom. The van der Waals surface area contributed by atoms with Gasteiger partial charge in [0.05, 0.1) is 11.8 Å². The lowest BCUT2D eigenvalue weighted by molar-refractivity contribution is -0.137. The van der Waals surface area contributed by atoms with Gasteiger partial charge in [-0.1, -0.05) is 19.1 Å². The van der Waals surface area contributed by atoms with Gasteiger partial charge < -0.3 is 15.4 Å². The number of aryl methyl sites for hydroxylation is 1. The number of benzene rings is 2. The minimum atomic E-state index is -4.55. The highest BCUT2D eigenvalue weighted by atomic mass is 19.4. The van der Waals surface area contributed by atoms with Crippen LogP contribution in [0, 0.1) is 5.92 Å². The lowest BCUT2D eigenvalue weighted by Crippen LogP contribution is -2.14. The quantitative estimate of drug-likeness (QED) is 0.333. The lowest BCUT2D eigenvalue weighted by atomic mass is 10.1. The first-order valence-electron chi connectivity index (χ1n) is 11.7. The summed E-state index contributed by atoms with van der Waals surface area (Å²) in [7, 11) is 0. The van der Waals surface area contributed by atoms with Crippen LogP contribution in [-0.2, 0) is 17.4 Å². The fourth-order valence-corrected chi connectivity index (χ4v) is 3.73. The normalized spacial score (nSPS) is 13.4. The molecular weight excluding hydrogens is 487 g/mol. The topological polar surface area (TPSA) is 97.6 Å². The highest BCUT2D eigenvalue weighted by Gasteiger charge is 2.31. The van der Waals surface area contributed by atoms with Crippen molar-refractivity contribution in [2.24, 2.45) is 5.92 Å². The second-order valence-corrected chi connectivity index (χ2v) is 8.67. The number of nitrogens with zero attached hydrogens (tertiary/aromatic N) is 3. The molecule has 190 valence electrons. The van der Waals surface area contributed by atoms with Crippen LogP contribution in [0.1, 0.15) is 41.3 Å². The number of hydrogen-bond acceptors (Lipinski definition) is 5. The van der Waals surface area contributed by atoms with Gasteiger partial charge in [-0.05, 0) is 55.2 Å². The molecule has 1 fully saturated rings. The van der Waals surface area contributed by atoms with Gasteiger partial charge in [0.25, 0.3) is 5.91 Å². The number of hydrogen-bond donors (Lipinski definition) is 2. The van der Waals surface area contributed by atoms with E-state index >= 15 is 0 Å². The van der Waals surface area contributed by atoms with Crippen molar-refractivity contribution in [3.63, 3.8) is 0 Å². The first kappa shape index (κ1) is 24.3. The van der Waals surface area contributed by atoms with E-state index in [1.54, 1.807) is 36.5 Å². The van der Waals surface area contributed by atoms with Gasteiger partial charge >= 0.3 is 6.18 Å². The zero-order valence-corrected chi connectivity index (χ0v) is 19.7. The number of anilines is 2. The van der Waals surface area contributed by atoms with Gasteiger partial charge in [0.2, 0.25) is 11.8 Å². The molecule has 11 heteroatoms. The van der Waals surface area contributed by atoms with Gasteiger partial charge in [-0.15, -0.1) is 5.10 Å². The van der Waals surface area contributed by atoms with E-state index in [0.717, 1.165) is 30.5 Å². The number of halogens is 3. The van der Waals surface area contributed by atoms with E-state index in [4.69, 9.17) is 4.74 Å². The summed E-state index contributed by atoms with van der Waals surface area (Å²) in [6, 6.07) is 12.5. The van der Waals surface area contributed by atoms with Crippen LogP contribution in [0.25, 0.3) is 5.65 Å². The molecule has 2 heterocycles. The summed E-state index contributed by atoms with van der Waals surface area (Å²) in [4.78, 5) is 29.0. The minimum absolute atomic E-state index is 0.0467. The molecule has 2 N–H and O–H groups in total. The molecule has 0 aliphatic heterocycles. The van der Waals surface area contributed by atoms with Crippen LogP contribution in [0.3, 0.4) is 0 Å². The van der Waals surface area contributed by atoms with Crippen molar-refractivity contribution >= 4 is 29.0 Å². The third-order valence-electron chi connectivity index (χ3n) is 5.87. The van der Waals surface area contributed by atoms with Gasteiger partial charge in [-0.25, -0.2) is 9.50 Å². The summed E-state index contributed by atoms with van der Waals surface area (Å²) in [6.07, 6.45) is -0.562. The van der Waals surface area contributed by atoms with Crippen molar-refractivity contribution in [2.45, 2.75) is 32.4 Å². The van der Waals surface area contributed by atoms with Crippen LogP contribution in [0.4, 0.5) is 24.7 Å². The van der Waals surface area contributed by atoms with Crippen molar-refractivity contribution < 1.29 is 27.5 Å². The Labute approximate surface area is 209 Å². The zero-order valence-electron chi connectivity index (χ0n) is 19.7. The molecule has 0 radical (unpaired) electrons. The number of carbonyl (C=O) groups excluding carboxylic acids is 2. The molecule has 1 aliphatic rings. The van der Waals surface area contributed by atoms with Gasteiger partial charge in [-0.2, -0.15) is 13.2 Å². The van der Waals surface area contributed by atoms with Crippen LogP contribution in [0.15, 0.2) is 60.8 Å². The number of alkyl halides is 3. The first-order valence-corrected chi connectivity index (χ1v) is 11.7. The second-order valence-electron chi connectivity index (χ2n) is 8.67. The van der Waals surface area contributed by atoms with Gasteiger partial charge in [0.15, 0.2) is 11.5 Å². The summed E-state index contributed by atoms with van der Waals surface area (Å²) in [5.41, 5.74) is 0.692. The van der Waals surface area contributed by atoms with E-state index in [-0.39, 0.29) is 23.3 Å². The summed E-state index contributed by atoms with van der Waals surface area (Å²) >= 11 is 0. The maximum absolute atomic E-state index is 13.0. The standard InChI is InChI=1S/C26H22F3N5O3/c1-2-15-8-9-19(30-25(36)17-4-3-5-18(12-17)26(27,28)29)13-20(15)37-23-11-10-22-31-21(14-34(22)33-23)32-24(35)16-6-7-16/h3-5,8-14,16H,2,6-7H2,1H3,(H,30,36)(H,32,35). The highest BCUT2D eigenvalue weighted by molar-refractivity contribution is 6.04. The van der Waals surface area contributed by atoms with E-state index in [1.807, 2.05) is 6.92 Å². The number of nitrogens with one attached hydrogen (secondary N) is 2. The van der Waals surface area contributed by atoms with E-state index < -0.39 is 17.6 Å². The molecule has 2 aromatic carbocycles. The molecule has 0 saturated heterocycles. The van der Waals surface area contributed by atoms with Crippen molar-refractivity contribution in [3.05, 3.63) is 77.5 Å². The molecule has 5 rings (SSSR count). The fraction of sp³-hybridized carbons (Fsp3) is 0.231. The molecule has 0 unspecified atom stereocenters. The Morgan fingerprint density at radius 2 is 1.89 bits per heavy atom. The summed E-state index contributed by atoms with van der Waals surface area (Å²) in [6.45, 7) is 1.93. The molecule has 1 aliphatic carbocycles. The Kier molecular flexibility index (Phi) is 6.28. The van der Waals surface area contributed by atoms with Crippen LogP contribution < -0.4 is 15.4 Å². The van der Waals surface area contributed by atoms with Gasteiger partial charge in [0, 0.05) is 29.3 Å². The number of ether oxygens (including phenoxy) is 1. The smallest absolute Gasteiger partial charge is 0.416 e. The second kappa shape index (κ2) is 9.57. The summed E-state index contributed by atoms with van der Waals surface area (Å²) in [5.74, 6) is 0.386. The number of rotatable bonds is 7. The average Bonchev–Trinajstić information content (AvgIpc) is 3.64. The van der Waals surface area contributed by atoms with Crippen LogP contribution in [-0.4, -0.2) is 26.4 Å². The molecule has 2 amide bonds. The maximum Gasteiger partial charge on any atom is 0.416 e. The number of fused-ring (bicyclic) bond motifs is 1. The Bertz CT molecular complexity index is 1490. The zero-order chi connectivity index (χ0) is 26.2. The molecule has 0 atom stereocenters. The SMILES string of the molecule is CCc1ccc(NC(=O)c2cccc(C(F)(F)F)c2)cc1Oc1ccc2nc(NC(=O)C3CC3)cn2n1. The number of aromatic nitrogens is 3. The number of imidazole rings is 1. The molecule has 1 saturated carbocycles. The lowest BCUT2D eigenvalue weighted by Gasteiger charge is -2.13. The largest absolute Gasteiger partial charge is 0.437 e. The van der Waals surface area contributed by atoms with E-state index in [0.29, 0.717) is 29.3 Å². The monoisotopic (exact) mass is 509 g/mol. The predicted octanol–water partition coefficient (Wildman–Crippen LogP) is 5.70. The molecule has 0 spiro atoms. The first-order chi connectivity index (χ1) is 17.7. The van der Waals surface area contributed by atoms with Crippen molar-refractivity contribution in [1.82, 2.24) is 14.6 Å². The summed E-state index contributed by atoms with van der Waals surface area (Å²) in [5, 5.41) is 9.79. The molecule has 8 nitrogen and oxygen atoms in total. The predicted molar refractivity (Wildman–Crippen MR) is 130 cm³/mol. The molecule has 0 bridgehead atoms. The average molecular weight is 509 g/mol. The van der Waals surface area contributed by atoms with Gasteiger partial charge in [-0.3, -0.25) is 9.59 Å². The maximum atomic E-state index is 13.0. The van der Waals surface area contributed by atoms with Crippen LogP contribution in [0.5, 0.6) is 11.6 Å². The van der Waals surface area contributed by atoms with Gasteiger partial charge in [0.1, 0.15) is 5.75 Å². The number of carbonyl (C=O) groups is 2. The van der Waals surface area contributed by atoms with Crippen LogP contribution >= 0.6 is 0 Å². The molecule has 2 aromatic heterocycles. The van der Waals surface area contributed by atoms with E-state index in [9.17, 15) is 22.8 Å². The summed E-state index contributed by atoms with van der Waals surface area (Å²) < 4.78 is 46.5. The molecule has 4 aromatic rings. The minimum Gasteiger partial charge on any atom is -0.437 e. The van der Waals surface area contributed by atoms with E-state index in [2.05, 4.69) is 20.7 Å². The number of amides is 2. The molecule has 37 heavy (non-hydrogen) atoms. The van der Waals surface area contributed by atoms with Crippen LogP contribution in [0.2, 0.25) is 0 Å². The van der Waals surface area contributed by atoms with Crippen molar-refractivity contribution in [1.29, 1.82) is 0 Å². The third-order valence-corrected chi connectivity index (χ3v) is 5.87. The Balaban J connectivity index is 1.34. The molecular formula is C26H22F3N5O3. The Hall–Kier alpha value is -4.41. The highest BCUT2D eigenvalue weighted by Crippen LogP contribution is 2.32.